The number of aromatic hydroxyl groups is 1. The Labute approximate surface area is 430 Å². The molecule has 0 radical (unpaired) electrons. The largest absolute Gasteiger partial charge is 0.507 e. The second-order valence-electron chi connectivity index (χ2n) is 19.9. The molecule has 0 aliphatic rings. The molecule has 9 rings (SSSR count). The van der Waals surface area contributed by atoms with Crippen molar-refractivity contribution in [1.29, 1.82) is 0 Å². The van der Waals surface area contributed by atoms with Crippen molar-refractivity contribution in [1.82, 2.24) is 14.5 Å². The number of phenolic OH excluding ortho intramolecular Hbond substituents is 1. The predicted octanol–water partition coefficient (Wildman–Crippen LogP) is 16.4. The van der Waals surface area contributed by atoms with E-state index in [4.69, 9.17) is 21.4 Å². The van der Waals surface area contributed by atoms with E-state index in [2.05, 4.69) is 31.8 Å². The van der Waals surface area contributed by atoms with Crippen LogP contribution in [-0.4, -0.2) is 19.6 Å². The number of hydrogen-bond donors (Lipinski definition) is 1. The van der Waals surface area contributed by atoms with Gasteiger partial charge in [-0.2, -0.15) is 0 Å². The Balaban J connectivity index is 0.00000841. The second kappa shape index (κ2) is 18.0. The number of benzene rings is 7. The van der Waals surface area contributed by atoms with Crippen molar-refractivity contribution in [3.05, 3.63) is 192 Å². The molecule has 340 valence electrons. The van der Waals surface area contributed by atoms with Crippen LogP contribution in [0.1, 0.15) is 108 Å². The van der Waals surface area contributed by atoms with E-state index in [0.717, 1.165) is 22.3 Å². The van der Waals surface area contributed by atoms with Crippen molar-refractivity contribution >= 4 is 11.0 Å². The maximum atomic E-state index is 12.4. The third-order valence-electron chi connectivity index (χ3n) is 12.0. The molecule has 67 heavy (non-hydrogen) atoms. The first-order valence-corrected chi connectivity index (χ1v) is 22.1. The summed E-state index contributed by atoms with van der Waals surface area (Å²) in [7, 11) is 0. The van der Waals surface area contributed by atoms with Gasteiger partial charge >= 0.3 is 0 Å². The van der Waals surface area contributed by atoms with E-state index >= 15 is 0 Å². The predicted molar refractivity (Wildman–Crippen MR) is 278 cm³/mol. The molecular formula is C62H60N3OPt-. The number of aromatic nitrogens is 3. The van der Waals surface area contributed by atoms with Gasteiger partial charge in [0.2, 0.25) is 0 Å². The van der Waals surface area contributed by atoms with Gasteiger partial charge in [-0.3, -0.25) is 9.55 Å². The molecule has 0 aliphatic heterocycles. The Morgan fingerprint density at radius 2 is 1.25 bits per heavy atom. The van der Waals surface area contributed by atoms with Crippen LogP contribution in [0.25, 0.3) is 83.9 Å². The Kier molecular flexibility index (Phi) is 8.93. The first-order valence-electron chi connectivity index (χ1n) is 28.6. The summed E-state index contributed by atoms with van der Waals surface area (Å²) in [4.78, 5) is 9.84. The first-order chi connectivity index (χ1) is 36.7. The molecule has 0 bridgehead atoms. The summed E-state index contributed by atoms with van der Waals surface area (Å²) in [6.07, 6.45) is -0.629. The summed E-state index contributed by atoms with van der Waals surface area (Å²) < 4.78 is 115. The van der Waals surface area contributed by atoms with Crippen LogP contribution < -0.4 is 0 Å². The summed E-state index contributed by atoms with van der Waals surface area (Å²) >= 11 is 0. The molecule has 0 atom stereocenters. The van der Waals surface area contributed by atoms with Crippen LogP contribution in [0.2, 0.25) is 0 Å². The number of fused-ring (bicyclic) bond motifs is 1. The zero-order chi connectivity index (χ0) is 57.8. The number of phenols is 1. The fourth-order valence-corrected chi connectivity index (χ4v) is 8.36. The van der Waals surface area contributed by atoms with Gasteiger partial charge in [0, 0.05) is 46.7 Å². The molecular weight excluding hydrogens is 998 g/mol. The minimum atomic E-state index is -3.00. The molecule has 7 aromatic carbocycles. The van der Waals surface area contributed by atoms with E-state index in [1.165, 1.54) is 0 Å². The second-order valence-corrected chi connectivity index (χ2v) is 19.9. The first kappa shape index (κ1) is 33.2. The number of rotatable bonds is 7. The van der Waals surface area contributed by atoms with Gasteiger partial charge in [-0.1, -0.05) is 188 Å². The summed E-state index contributed by atoms with van der Waals surface area (Å²) in [6, 6.07) is 35.1. The average molecular weight is 1070 g/mol. The van der Waals surface area contributed by atoms with Gasteiger partial charge in [0.05, 0.1) is 31.9 Å². The van der Waals surface area contributed by atoms with Crippen molar-refractivity contribution < 1.29 is 44.0 Å². The number of para-hydroxylation sites is 2. The Morgan fingerprint density at radius 1 is 0.582 bits per heavy atom. The van der Waals surface area contributed by atoms with Crippen LogP contribution in [0.5, 0.6) is 5.75 Å². The Bertz CT molecular complexity index is 3870. The van der Waals surface area contributed by atoms with E-state index in [1.807, 2.05) is 143 Å². The van der Waals surface area contributed by atoms with Crippen LogP contribution in [0.4, 0.5) is 0 Å². The molecule has 0 aliphatic carbocycles. The van der Waals surface area contributed by atoms with Crippen LogP contribution in [-0.2, 0) is 37.3 Å². The number of imidazole rings is 1. The maximum Gasteiger partial charge on any atom is 0.148 e. The molecule has 0 saturated carbocycles. The fourth-order valence-electron chi connectivity index (χ4n) is 8.36. The third-order valence-corrected chi connectivity index (χ3v) is 12.0. The molecule has 0 saturated heterocycles. The van der Waals surface area contributed by atoms with E-state index in [9.17, 15) is 6.48 Å². The monoisotopic (exact) mass is 1070 g/mol. The van der Waals surface area contributed by atoms with Crippen molar-refractivity contribution in [2.24, 2.45) is 0 Å². The molecule has 2 heterocycles. The summed E-state index contributed by atoms with van der Waals surface area (Å²) in [5, 5.41) is 12.4. The van der Waals surface area contributed by atoms with Crippen LogP contribution in [0.3, 0.4) is 0 Å². The van der Waals surface area contributed by atoms with Gasteiger partial charge in [-0.05, 0) is 105 Å². The minimum Gasteiger partial charge on any atom is -0.507 e. The van der Waals surface area contributed by atoms with E-state index in [1.54, 1.807) is 18.2 Å². The molecule has 0 amide bonds. The van der Waals surface area contributed by atoms with Crippen LogP contribution >= 0.6 is 0 Å². The van der Waals surface area contributed by atoms with Gasteiger partial charge in [0.25, 0.3) is 0 Å². The number of pyridine rings is 1. The van der Waals surface area contributed by atoms with Gasteiger partial charge in [-0.25, -0.2) is 4.98 Å². The molecule has 0 unspecified atom stereocenters. The van der Waals surface area contributed by atoms with Gasteiger partial charge in [0.1, 0.15) is 11.6 Å². The summed E-state index contributed by atoms with van der Waals surface area (Å²) in [5.41, 5.74) is 5.25. The molecule has 5 heteroatoms. The van der Waals surface area contributed by atoms with Crippen molar-refractivity contribution in [3.63, 3.8) is 0 Å². The van der Waals surface area contributed by atoms with Crippen molar-refractivity contribution in [2.75, 3.05) is 0 Å². The molecule has 1 N–H and O–H groups in total. The molecule has 9 aromatic rings. The zero-order valence-electron chi connectivity index (χ0n) is 52.1. The number of nitrogens with zero attached hydrogens (tertiary/aromatic N) is 3. The molecule has 0 fully saturated rings. The normalized spacial score (nSPS) is 15.2. The topological polar surface area (TPSA) is 50.9 Å². The zero-order valence-corrected chi connectivity index (χ0v) is 41.3. The third kappa shape index (κ3) is 9.34. The summed E-state index contributed by atoms with van der Waals surface area (Å²) in [6.45, 7) is 12.7. The SMILES string of the molecule is [2H]c1nc(-c2[c-]c(-c3cccc4c3nc(-c3cccc(C(C)(C)C)c3O)n4-c3cc(C([2H])([2H])[2H])c(-c4ccc(C(C)(C)C)cc4)cc3-c3ccccc3)cc(C(C)(C)C)c2)c([2H])c(-c2c([2H])c([2H])c(C([2H])([2H])[2H])c([2H])c2[2H])c1[2H].[Pt]. The van der Waals surface area contributed by atoms with Crippen LogP contribution in [0.15, 0.2) is 158 Å². The smallest absolute Gasteiger partial charge is 0.148 e. The van der Waals surface area contributed by atoms with E-state index in [-0.39, 0.29) is 49.1 Å². The Morgan fingerprint density at radius 3 is 1.93 bits per heavy atom. The average Bonchev–Trinajstić information content (AvgIpc) is 3.83. The number of hydrogen-bond acceptors (Lipinski definition) is 3. The van der Waals surface area contributed by atoms with Crippen LogP contribution in [0, 0.1) is 19.8 Å². The Hall–Kier alpha value is -6.35. The molecule has 0 spiro atoms. The summed E-state index contributed by atoms with van der Waals surface area (Å²) in [5.74, 6) is 0.302. The van der Waals surface area contributed by atoms with Gasteiger partial charge in [0.15, 0.2) is 0 Å². The maximum absolute atomic E-state index is 12.4. The van der Waals surface area contributed by atoms with E-state index in [0.29, 0.717) is 55.9 Å². The quantitative estimate of drug-likeness (QED) is 0.162. The van der Waals surface area contributed by atoms with Gasteiger partial charge < -0.3 is 5.11 Å². The molecule has 4 nitrogen and oxygen atoms in total. The van der Waals surface area contributed by atoms with E-state index < -0.39 is 83.7 Å². The number of aryl methyl sites for hydroxylation is 1. The molecule has 2 aromatic heterocycles. The fraction of sp³-hybridized carbons (Fsp3) is 0.226. The standard InChI is InChI=1S/C62H60N3O.Pt/c1-39-23-25-41(26-24-39)44-31-32-63-54(37-44)46-34-45(35-48(36-46)61(6,7)8)49-19-16-22-55-57(49)64-59(50-20-15-21-53(58(50)66)62(9,10)11)65(55)56-33-40(2)51(38-52(56)42-17-13-12-14-18-42)43-27-29-47(30-28-43)60(3,4)5;/h12-33,35-38,66H,1-11H3;/q-1;/i1D3,2D3,23D,24D,25D,26D,31D,32D,37D;. The van der Waals surface area contributed by atoms with Crippen molar-refractivity contribution in [2.45, 2.75) is 92.3 Å². The van der Waals surface area contributed by atoms with Crippen molar-refractivity contribution in [3.8, 4) is 78.6 Å². The van der Waals surface area contributed by atoms with Gasteiger partial charge in [-0.15, -0.1) is 29.3 Å². The minimum absolute atomic E-state index is 0.